The first kappa shape index (κ1) is 13.3. The molecule has 0 bridgehead atoms. The van der Waals surface area contributed by atoms with Gasteiger partial charge in [-0.1, -0.05) is 13.8 Å². The molecule has 0 aliphatic carbocycles. The molecule has 0 radical (unpaired) electrons. The first-order valence-electron chi connectivity index (χ1n) is 4.89. The van der Waals surface area contributed by atoms with Crippen LogP contribution in [0.15, 0.2) is 0 Å². The van der Waals surface area contributed by atoms with E-state index in [1.165, 1.54) is 18.3 Å². The minimum absolute atomic E-state index is 0.0547. The summed E-state index contributed by atoms with van der Waals surface area (Å²) in [6, 6.07) is 0. The highest BCUT2D eigenvalue weighted by Crippen LogP contribution is 2.26. The summed E-state index contributed by atoms with van der Waals surface area (Å²) in [4.78, 5) is 16.2. The highest BCUT2D eigenvalue weighted by atomic mass is 32.2. The van der Waals surface area contributed by atoms with E-state index in [4.69, 9.17) is 0 Å². The zero-order valence-corrected chi connectivity index (χ0v) is 11.4. The number of rotatable bonds is 4. The topological polar surface area (TPSA) is 64.1 Å². The van der Waals surface area contributed by atoms with Gasteiger partial charge in [0.15, 0.2) is 15.6 Å². The Bertz CT molecular complexity index is 500. The van der Waals surface area contributed by atoms with Crippen LogP contribution in [0.5, 0.6) is 0 Å². The first-order chi connectivity index (χ1) is 7.20. The van der Waals surface area contributed by atoms with Gasteiger partial charge in [0.1, 0.15) is 10.8 Å². The normalized spacial score (nSPS) is 12.1. The Morgan fingerprint density at radius 3 is 2.31 bits per heavy atom. The average molecular weight is 261 g/mol. The standard InChI is InChI=1S/C10H15NO3S2/c1-6(2)9-10(7(3)12)15-8(11-9)5-16(4,13)14/h6H,5H2,1-4H3. The zero-order chi connectivity index (χ0) is 12.5. The fourth-order valence-electron chi connectivity index (χ4n) is 1.31. The van der Waals surface area contributed by atoms with E-state index >= 15 is 0 Å². The summed E-state index contributed by atoms with van der Waals surface area (Å²) in [5, 5.41) is 0.497. The molecule has 0 aliphatic rings. The molecule has 6 heteroatoms. The predicted octanol–water partition coefficient (Wildman–Crippen LogP) is 2.01. The van der Waals surface area contributed by atoms with Gasteiger partial charge in [0.2, 0.25) is 0 Å². The van der Waals surface area contributed by atoms with E-state index in [0.717, 1.165) is 6.26 Å². The SMILES string of the molecule is CC(=O)c1sc(CS(C)(=O)=O)nc1C(C)C. The van der Waals surface area contributed by atoms with Crippen molar-refractivity contribution in [3.8, 4) is 0 Å². The van der Waals surface area contributed by atoms with Crippen molar-refractivity contribution in [3.05, 3.63) is 15.6 Å². The molecular formula is C10H15NO3S2. The molecule has 0 N–H and O–H groups in total. The van der Waals surface area contributed by atoms with Crippen LogP contribution in [0.2, 0.25) is 0 Å². The lowest BCUT2D eigenvalue weighted by molar-refractivity contribution is 0.102. The maximum absolute atomic E-state index is 11.4. The summed E-state index contributed by atoms with van der Waals surface area (Å²) in [6.07, 6.45) is 1.16. The van der Waals surface area contributed by atoms with Crippen LogP contribution in [0, 0.1) is 0 Å². The van der Waals surface area contributed by atoms with Crippen LogP contribution in [0.1, 0.15) is 47.1 Å². The average Bonchev–Trinajstić information content (AvgIpc) is 2.44. The molecule has 0 spiro atoms. The smallest absolute Gasteiger partial charge is 0.171 e. The van der Waals surface area contributed by atoms with Crippen molar-refractivity contribution in [1.82, 2.24) is 4.98 Å². The largest absolute Gasteiger partial charge is 0.294 e. The van der Waals surface area contributed by atoms with Crippen molar-refractivity contribution in [2.75, 3.05) is 6.26 Å². The Labute approximate surface area is 99.6 Å². The van der Waals surface area contributed by atoms with Gasteiger partial charge in [-0.3, -0.25) is 4.79 Å². The summed E-state index contributed by atoms with van der Waals surface area (Å²) < 4.78 is 22.3. The van der Waals surface area contributed by atoms with Crippen molar-refractivity contribution < 1.29 is 13.2 Å². The number of sulfone groups is 1. The minimum atomic E-state index is -3.10. The van der Waals surface area contributed by atoms with Crippen LogP contribution in [-0.4, -0.2) is 25.4 Å². The summed E-state index contributed by atoms with van der Waals surface area (Å²) in [7, 11) is -3.10. The molecule has 0 saturated carbocycles. The van der Waals surface area contributed by atoms with Gasteiger partial charge in [0.25, 0.3) is 0 Å². The summed E-state index contributed by atoms with van der Waals surface area (Å²) in [5.41, 5.74) is 0.705. The van der Waals surface area contributed by atoms with Crippen LogP contribution in [0.25, 0.3) is 0 Å². The summed E-state index contributed by atoms with van der Waals surface area (Å²) in [5.74, 6) is -0.0191. The van der Waals surface area contributed by atoms with Crippen LogP contribution in [-0.2, 0) is 15.6 Å². The Kier molecular flexibility index (Phi) is 3.85. The van der Waals surface area contributed by atoms with Crippen LogP contribution < -0.4 is 0 Å². The lowest BCUT2D eigenvalue weighted by Gasteiger charge is -2.01. The van der Waals surface area contributed by atoms with Gasteiger partial charge in [0.05, 0.1) is 10.6 Å². The van der Waals surface area contributed by atoms with Crippen LogP contribution in [0.3, 0.4) is 0 Å². The number of ketones is 1. The first-order valence-corrected chi connectivity index (χ1v) is 7.76. The van der Waals surface area contributed by atoms with Gasteiger partial charge < -0.3 is 0 Å². The van der Waals surface area contributed by atoms with Gasteiger partial charge in [0, 0.05) is 13.2 Å². The highest BCUT2D eigenvalue weighted by molar-refractivity contribution is 7.90. The predicted molar refractivity (Wildman–Crippen MR) is 64.8 cm³/mol. The number of aromatic nitrogens is 1. The van der Waals surface area contributed by atoms with Crippen molar-refractivity contribution in [1.29, 1.82) is 0 Å². The van der Waals surface area contributed by atoms with E-state index in [0.29, 0.717) is 15.6 Å². The van der Waals surface area contributed by atoms with Crippen molar-refractivity contribution in [3.63, 3.8) is 0 Å². The van der Waals surface area contributed by atoms with E-state index in [2.05, 4.69) is 4.98 Å². The van der Waals surface area contributed by atoms with E-state index < -0.39 is 9.84 Å². The quantitative estimate of drug-likeness (QED) is 0.778. The molecule has 1 rings (SSSR count). The van der Waals surface area contributed by atoms with Crippen molar-refractivity contribution in [2.24, 2.45) is 0 Å². The third kappa shape index (κ3) is 3.38. The molecule has 1 aromatic rings. The Morgan fingerprint density at radius 1 is 1.44 bits per heavy atom. The Morgan fingerprint density at radius 2 is 2.00 bits per heavy atom. The fourth-order valence-corrected chi connectivity index (χ4v) is 3.61. The summed E-state index contributed by atoms with van der Waals surface area (Å²) in [6.45, 7) is 5.35. The second kappa shape index (κ2) is 4.63. The number of hydrogen-bond acceptors (Lipinski definition) is 5. The molecule has 0 fully saturated rings. The third-order valence-electron chi connectivity index (χ3n) is 1.95. The molecule has 0 atom stereocenters. The molecule has 4 nitrogen and oxygen atoms in total. The van der Waals surface area contributed by atoms with Gasteiger partial charge in [-0.15, -0.1) is 11.3 Å². The van der Waals surface area contributed by atoms with E-state index in [9.17, 15) is 13.2 Å². The molecule has 0 aliphatic heterocycles. The molecule has 1 heterocycles. The van der Waals surface area contributed by atoms with Gasteiger partial charge in [-0.25, -0.2) is 13.4 Å². The number of nitrogens with zero attached hydrogens (tertiary/aromatic N) is 1. The molecule has 0 saturated heterocycles. The van der Waals surface area contributed by atoms with Crippen LogP contribution in [0.4, 0.5) is 0 Å². The van der Waals surface area contributed by atoms with Gasteiger partial charge in [-0.2, -0.15) is 0 Å². The molecule has 0 unspecified atom stereocenters. The molecule has 1 aromatic heterocycles. The highest BCUT2D eigenvalue weighted by Gasteiger charge is 2.19. The van der Waals surface area contributed by atoms with Crippen molar-refractivity contribution >= 4 is 27.0 Å². The van der Waals surface area contributed by atoms with Crippen LogP contribution >= 0.6 is 11.3 Å². The van der Waals surface area contributed by atoms with Gasteiger partial charge >= 0.3 is 0 Å². The molecule has 0 amide bonds. The maximum atomic E-state index is 11.4. The van der Waals surface area contributed by atoms with E-state index in [1.807, 2.05) is 13.8 Å². The van der Waals surface area contributed by atoms with Gasteiger partial charge in [-0.05, 0) is 5.92 Å². The lowest BCUT2D eigenvalue weighted by Crippen LogP contribution is -2.01. The number of carbonyl (C=O) groups excluding carboxylic acids is 1. The molecule has 16 heavy (non-hydrogen) atoms. The summed E-state index contributed by atoms with van der Waals surface area (Å²) >= 11 is 1.18. The van der Waals surface area contributed by atoms with E-state index in [1.54, 1.807) is 0 Å². The maximum Gasteiger partial charge on any atom is 0.171 e. The molecular weight excluding hydrogens is 246 g/mol. The minimum Gasteiger partial charge on any atom is -0.294 e. The monoisotopic (exact) mass is 261 g/mol. The Hall–Kier alpha value is -0.750. The number of thiazole rings is 1. The zero-order valence-electron chi connectivity index (χ0n) is 9.77. The lowest BCUT2D eigenvalue weighted by atomic mass is 10.1. The molecule has 0 aromatic carbocycles. The second-order valence-corrected chi connectivity index (χ2v) is 7.33. The molecule has 90 valence electrons. The van der Waals surface area contributed by atoms with E-state index in [-0.39, 0.29) is 17.5 Å². The fraction of sp³-hybridized carbons (Fsp3) is 0.600. The second-order valence-electron chi connectivity index (χ2n) is 4.10. The number of hydrogen-bond donors (Lipinski definition) is 0. The number of Topliss-reactive ketones (excluding diaryl/α,β-unsaturated/α-hetero) is 1. The van der Waals surface area contributed by atoms with Crippen molar-refractivity contribution in [2.45, 2.75) is 32.4 Å². The third-order valence-corrected chi connectivity index (χ3v) is 4.10. The Balaban J connectivity index is 3.17. The number of carbonyl (C=O) groups is 1.